The number of nitrogens with one attached hydrogen (secondary N) is 2. The van der Waals surface area contributed by atoms with Crippen molar-refractivity contribution in [3.63, 3.8) is 0 Å². The molecule has 108 valence electrons. The van der Waals surface area contributed by atoms with Crippen molar-refractivity contribution in [1.29, 1.82) is 0 Å². The van der Waals surface area contributed by atoms with E-state index in [1.165, 1.54) is 0 Å². The number of hydrogen-bond donors (Lipinski definition) is 2. The van der Waals surface area contributed by atoms with Crippen LogP contribution >= 0.6 is 0 Å². The van der Waals surface area contributed by atoms with Gasteiger partial charge in [0.2, 0.25) is 0 Å². The molecular formula is C14H16N6O. The number of carbonyl (C=O) groups excluding carboxylic acids is 1. The Morgan fingerprint density at radius 2 is 2.24 bits per heavy atom. The van der Waals surface area contributed by atoms with Crippen molar-refractivity contribution in [2.24, 2.45) is 0 Å². The summed E-state index contributed by atoms with van der Waals surface area (Å²) in [5.41, 5.74) is 2.94. The van der Waals surface area contributed by atoms with Crippen molar-refractivity contribution < 1.29 is 4.79 Å². The van der Waals surface area contributed by atoms with Crippen molar-refractivity contribution in [3.8, 4) is 0 Å². The molecule has 0 saturated carbocycles. The van der Waals surface area contributed by atoms with Gasteiger partial charge in [0.1, 0.15) is 5.82 Å². The zero-order valence-electron chi connectivity index (χ0n) is 11.9. The van der Waals surface area contributed by atoms with Crippen LogP contribution in [0.3, 0.4) is 0 Å². The van der Waals surface area contributed by atoms with Gasteiger partial charge in [0, 0.05) is 37.6 Å². The van der Waals surface area contributed by atoms with Gasteiger partial charge in [-0.2, -0.15) is 5.10 Å². The van der Waals surface area contributed by atoms with E-state index in [4.69, 9.17) is 0 Å². The summed E-state index contributed by atoms with van der Waals surface area (Å²) in [7, 11) is 0. The Morgan fingerprint density at radius 3 is 3.00 bits per heavy atom. The van der Waals surface area contributed by atoms with E-state index in [-0.39, 0.29) is 5.91 Å². The topological polar surface area (TPSA) is 88.0 Å². The fourth-order valence-corrected chi connectivity index (χ4v) is 2.21. The van der Waals surface area contributed by atoms with Crippen LogP contribution in [0.25, 0.3) is 5.65 Å². The van der Waals surface area contributed by atoms with Gasteiger partial charge in [-0.25, -0.2) is 14.5 Å². The predicted octanol–water partition coefficient (Wildman–Crippen LogP) is 1.04. The molecule has 3 rings (SSSR count). The highest BCUT2D eigenvalue weighted by Crippen LogP contribution is 2.10. The van der Waals surface area contributed by atoms with Crippen molar-refractivity contribution in [2.75, 3.05) is 6.54 Å². The van der Waals surface area contributed by atoms with Crippen LogP contribution in [0.1, 0.15) is 27.6 Å². The molecule has 1 amide bonds. The smallest absolute Gasteiger partial charge is 0.254 e. The summed E-state index contributed by atoms with van der Waals surface area (Å²) in [6.45, 7) is 4.28. The number of carbonyl (C=O) groups is 1. The molecule has 3 heterocycles. The number of amides is 1. The molecule has 3 aromatic rings. The van der Waals surface area contributed by atoms with Crippen LogP contribution in [0.5, 0.6) is 0 Å². The highest BCUT2D eigenvalue weighted by molar-refractivity contribution is 5.95. The maximum Gasteiger partial charge on any atom is 0.254 e. The van der Waals surface area contributed by atoms with Crippen LogP contribution < -0.4 is 5.32 Å². The SMILES string of the molecule is Cc1cc2ncc(C(=O)NCCc3ncc[nH]3)c(C)n2n1. The average Bonchev–Trinajstić information content (AvgIpc) is 3.08. The molecule has 0 fully saturated rings. The molecule has 0 aliphatic rings. The number of rotatable bonds is 4. The summed E-state index contributed by atoms with van der Waals surface area (Å²) in [5.74, 6) is 0.699. The third kappa shape index (κ3) is 2.62. The molecule has 3 aromatic heterocycles. The number of H-pyrrole nitrogens is 1. The van der Waals surface area contributed by atoms with Gasteiger partial charge >= 0.3 is 0 Å². The maximum atomic E-state index is 12.2. The number of hydrogen-bond acceptors (Lipinski definition) is 4. The van der Waals surface area contributed by atoms with Crippen LogP contribution in [0, 0.1) is 13.8 Å². The van der Waals surface area contributed by atoms with E-state index in [0.29, 0.717) is 18.5 Å². The summed E-state index contributed by atoms with van der Waals surface area (Å²) in [4.78, 5) is 23.6. The molecule has 0 spiro atoms. The average molecular weight is 284 g/mol. The van der Waals surface area contributed by atoms with E-state index in [1.54, 1.807) is 23.1 Å². The molecule has 7 nitrogen and oxygen atoms in total. The minimum absolute atomic E-state index is 0.151. The van der Waals surface area contributed by atoms with Crippen LogP contribution in [-0.4, -0.2) is 37.0 Å². The first-order valence-electron chi connectivity index (χ1n) is 6.73. The van der Waals surface area contributed by atoms with Gasteiger partial charge in [0.25, 0.3) is 5.91 Å². The molecule has 0 saturated heterocycles. The Balaban J connectivity index is 1.73. The van der Waals surface area contributed by atoms with Gasteiger partial charge in [0.05, 0.1) is 17.0 Å². The van der Waals surface area contributed by atoms with Gasteiger partial charge in [-0.3, -0.25) is 4.79 Å². The van der Waals surface area contributed by atoms with E-state index in [1.807, 2.05) is 19.9 Å². The minimum Gasteiger partial charge on any atom is -0.351 e. The van der Waals surface area contributed by atoms with Gasteiger partial charge < -0.3 is 10.3 Å². The lowest BCUT2D eigenvalue weighted by Crippen LogP contribution is -2.27. The van der Waals surface area contributed by atoms with Gasteiger partial charge in [-0.15, -0.1) is 0 Å². The second-order valence-electron chi connectivity index (χ2n) is 4.85. The first-order valence-corrected chi connectivity index (χ1v) is 6.73. The first kappa shape index (κ1) is 13.3. The van der Waals surface area contributed by atoms with Crippen molar-refractivity contribution in [3.05, 3.63) is 47.4 Å². The quantitative estimate of drug-likeness (QED) is 0.749. The number of fused-ring (bicyclic) bond motifs is 1. The largest absolute Gasteiger partial charge is 0.351 e. The highest BCUT2D eigenvalue weighted by atomic mass is 16.1. The highest BCUT2D eigenvalue weighted by Gasteiger charge is 2.13. The molecule has 0 aliphatic heterocycles. The van der Waals surface area contributed by atoms with Crippen LogP contribution in [-0.2, 0) is 6.42 Å². The fourth-order valence-electron chi connectivity index (χ4n) is 2.21. The Labute approximate surface area is 121 Å². The van der Waals surface area contributed by atoms with Crippen LogP contribution in [0.2, 0.25) is 0 Å². The number of aromatic amines is 1. The summed E-state index contributed by atoms with van der Waals surface area (Å²) >= 11 is 0. The molecular weight excluding hydrogens is 268 g/mol. The Bertz CT molecular complexity index is 774. The lowest BCUT2D eigenvalue weighted by Gasteiger charge is -2.08. The lowest BCUT2D eigenvalue weighted by molar-refractivity contribution is 0.0952. The molecule has 7 heteroatoms. The number of nitrogens with zero attached hydrogens (tertiary/aromatic N) is 4. The summed E-state index contributed by atoms with van der Waals surface area (Å²) in [5, 5.41) is 7.21. The molecule has 0 radical (unpaired) electrons. The van der Waals surface area contributed by atoms with Crippen LogP contribution in [0.15, 0.2) is 24.7 Å². The first-order chi connectivity index (χ1) is 10.1. The second kappa shape index (κ2) is 5.35. The number of aromatic nitrogens is 5. The van der Waals surface area contributed by atoms with E-state index in [0.717, 1.165) is 22.9 Å². The number of imidazole rings is 1. The fraction of sp³-hybridized carbons (Fsp3) is 0.286. The van der Waals surface area contributed by atoms with E-state index < -0.39 is 0 Å². The summed E-state index contributed by atoms with van der Waals surface area (Å²) in [6, 6.07) is 1.88. The molecule has 0 bridgehead atoms. The van der Waals surface area contributed by atoms with Crippen molar-refractivity contribution in [1.82, 2.24) is 29.9 Å². The third-order valence-electron chi connectivity index (χ3n) is 3.29. The molecule has 21 heavy (non-hydrogen) atoms. The zero-order chi connectivity index (χ0) is 14.8. The lowest BCUT2D eigenvalue weighted by atomic mass is 10.2. The van der Waals surface area contributed by atoms with Gasteiger partial charge in [-0.05, 0) is 13.8 Å². The normalized spacial score (nSPS) is 11.0. The maximum absolute atomic E-state index is 12.2. The molecule has 2 N–H and O–H groups in total. The second-order valence-corrected chi connectivity index (χ2v) is 4.85. The van der Waals surface area contributed by atoms with Crippen molar-refractivity contribution in [2.45, 2.75) is 20.3 Å². The van der Waals surface area contributed by atoms with E-state index >= 15 is 0 Å². The van der Waals surface area contributed by atoms with E-state index in [9.17, 15) is 4.79 Å². The zero-order valence-corrected chi connectivity index (χ0v) is 11.9. The van der Waals surface area contributed by atoms with Gasteiger partial charge in [0.15, 0.2) is 5.65 Å². The molecule has 0 atom stereocenters. The van der Waals surface area contributed by atoms with E-state index in [2.05, 4.69) is 25.4 Å². The summed E-state index contributed by atoms with van der Waals surface area (Å²) < 4.78 is 1.69. The standard InChI is InChI=1S/C14H16N6O/c1-9-7-13-18-8-11(10(2)20(13)19-9)14(21)17-4-3-12-15-5-6-16-12/h5-8H,3-4H2,1-2H3,(H,15,16)(H,17,21). The van der Waals surface area contributed by atoms with Crippen LogP contribution in [0.4, 0.5) is 0 Å². The Hall–Kier alpha value is -2.70. The molecule has 0 aliphatic carbocycles. The minimum atomic E-state index is -0.151. The van der Waals surface area contributed by atoms with Crippen molar-refractivity contribution >= 4 is 11.6 Å². The Morgan fingerprint density at radius 1 is 1.38 bits per heavy atom. The molecule has 0 aromatic carbocycles. The molecule has 0 unspecified atom stereocenters. The summed E-state index contributed by atoms with van der Waals surface area (Å²) in [6.07, 6.45) is 5.71. The third-order valence-corrected chi connectivity index (χ3v) is 3.29. The Kier molecular flexibility index (Phi) is 3.39. The number of aryl methyl sites for hydroxylation is 2. The monoisotopic (exact) mass is 284 g/mol. The predicted molar refractivity (Wildman–Crippen MR) is 77.1 cm³/mol. The van der Waals surface area contributed by atoms with Gasteiger partial charge in [-0.1, -0.05) is 0 Å².